The van der Waals surface area contributed by atoms with Crippen LogP contribution in [0.1, 0.15) is 29.5 Å². The molecule has 0 amide bonds. The predicted octanol–water partition coefficient (Wildman–Crippen LogP) is 5.32. The lowest BCUT2D eigenvalue weighted by molar-refractivity contribution is 0.240. The van der Waals surface area contributed by atoms with Gasteiger partial charge in [-0.3, -0.25) is 9.36 Å². The van der Waals surface area contributed by atoms with E-state index < -0.39 is 0 Å². The molecule has 0 unspecified atom stereocenters. The molecule has 2 aromatic heterocycles. The number of hydrogen-bond acceptors (Lipinski definition) is 7. The molecular weight excluding hydrogens is 536 g/mol. The van der Waals surface area contributed by atoms with Crippen molar-refractivity contribution in [1.82, 2.24) is 19.4 Å². The fourth-order valence-corrected chi connectivity index (χ4v) is 5.72. The molecule has 0 radical (unpaired) electrons. The largest absolute Gasteiger partial charge is 0.372 e. The van der Waals surface area contributed by atoms with Gasteiger partial charge in [-0.2, -0.15) is 0 Å². The van der Waals surface area contributed by atoms with Crippen LogP contribution in [0.25, 0.3) is 16.6 Å². The minimum absolute atomic E-state index is 0.250. The normalized spacial score (nSPS) is 13.9. The number of para-hydroxylation sites is 1. The topological polar surface area (TPSA) is 75.5 Å². The molecule has 0 atom stereocenters. The molecule has 1 N–H and O–H groups in total. The Balaban J connectivity index is 1.48. The second-order valence-corrected chi connectivity index (χ2v) is 11.0. The molecule has 212 valence electrons. The summed E-state index contributed by atoms with van der Waals surface area (Å²) in [6, 6.07) is 12.5. The smallest absolute Gasteiger partial charge is 0.266 e. The van der Waals surface area contributed by atoms with E-state index in [2.05, 4.69) is 65.1 Å². The molecule has 4 aromatic rings. The van der Waals surface area contributed by atoms with E-state index in [0.717, 1.165) is 37.2 Å². The Morgan fingerprint density at radius 2 is 1.93 bits per heavy atom. The molecule has 1 aliphatic heterocycles. The molecule has 0 aliphatic carbocycles. The van der Waals surface area contributed by atoms with Crippen LogP contribution < -0.4 is 15.8 Å². The number of hydrogen-bond donors (Lipinski definition) is 1. The van der Waals surface area contributed by atoms with E-state index in [1.807, 2.05) is 25.1 Å². The highest BCUT2D eigenvalue weighted by molar-refractivity contribution is 6.32. The standard InChI is InChI=1S/C32H35ClN6O2/c1-21-8-6-10-27(33)30(21)39-20-23(9-7-17-41-5)29-26(31(39)40)19-34-32(36-29)35-24-11-12-28(22(2)18-24)38-15-13-25(14-16-38)37(3)4/h6,8,10-12,18-20,25H,13-17H2,1-5H3,(H,34,35,36). The highest BCUT2D eigenvalue weighted by Gasteiger charge is 2.22. The lowest BCUT2D eigenvalue weighted by atomic mass is 10.0. The zero-order valence-electron chi connectivity index (χ0n) is 24.2. The summed E-state index contributed by atoms with van der Waals surface area (Å²) >= 11 is 6.51. The summed E-state index contributed by atoms with van der Waals surface area (Å²) in [5.41, 5.74) is 5.57. The van der Waals surface area contributed by atoms with Gasteiger partial charge in [-0.1, -0.05) is 35.6 Å². The van der Waals surface area contributed by atoms with Gasteiger partial charge in [-0.15, -0.1) is 0 Å². The number of benzene rings is 2. The zero-order valence-corrected chi connectivity index (χ0v) is 24.9. The SMILES string of the molecule is COCC#Cc1cn(-c2c(C)cccc2Cl)c(=O)c2cnc(Nc3ccc(N4CCC(N(C)C)CC4)c(C)c3)nc12. The fourth-order valence-electron chi connectivity index (χ4n) is 5.41. The van der Waals surface area contributed by atoms with Crippen molar-refractivity contribution in [1.29, 1.82) is 0 Å². The zero-order chi connectivity index (χ0) is 29.1. The molecule has 2 aromatic carbocycles. The van der Waals surface area contributed by atoms with Crippen molar-refractivity contribution < 1.29 is 4.74 Å². The number of rotatable bonds is 6. The summed E-state index contributed by atoms with van der Waals surface area (Å²) in [6.45, 7) is 6.38. The third-order valence-electron chi connectivity index (χ3n) is 7.61. The lowest BCUT2D eigenvalue weighted by Gasteiger charge is -2.37. The highest BCUT2D eigenvalue weighted by Crippen LogP contribution is 2.29. The third-order valence-corrected chi connectivity index (χ3v) is 7.91. The van der Waals surface area contributed by atoms with Gasteiger partial charge in [0.25, 0.3) is 5.56 Å². The van der Waals surface area contributed by atoms with E-state index in [4.69, 9.17) is 21.3 Å². The van der Waals surface area contributed by atoms with Gasteiger partial charge in [-0.05, 0) is 76.2 Å². The minimum atomic E-state index is -0.265. The van der Waals surface area contributed by atoms with Crippen LogP contribution in [-0.4, -0.2) is 66.4 Å². The number of halogens is 1. The van der Waals surface area contributed by atoms with Crippen molar-refractivity contribution in [2.24, 2.45) is 0 Å². The van der Waals surface area contributed by atoms with Gasteiger partial charge in [0.15, 0.2) is 0 Å². The molecule has 3 heterocycles. The predicted molar refractivity (Wildman–Crippen MR) is 167 cm³/mol. The van der Waals surface area contributed by atoms with E-state index in [-0.39, 0.29) is 12.2 Å². The Kier molecular flexibility index (Phi) is 8.60. The monoisotopic (exact) mass is 570 g/mol. The Morgan fingerprint density at radius 1 is 1.15 bits per heavy atom. The summed E-state index contributed by atoms with van der Waals surface area (Å²) < 4.78 is 6.65. The Morgan fingerprint density at radius 3 is 2.61 bits per heavy atom. The summed E-state index contributed by atoms with van der Waals surface area (Å²) in [6.07, 6.45) is 5.56. The number of nitrogens with zero attached hydrogens (tertiary/aromatic N) is 5. The van der Waals surface area contributed by atoms with E-state index in [9.17, 15) is 4.79 Å². The average molecular weight is 571 g/mol. The lowest BCUT2D eigenvalue weighted by Crippen LogP contribution is -2.42. The average Bonchev–Trinajstić information content (AvgIpc) is 2.95. The fraction of sp³-hybridized carbons (Fsp3) is 0.344. The highest BCUT2D eigenvalue weighted by atomic mass is 35.5. The van der Waals surface area contributed by atoms with Gasteiger partial charge in [0.05, 0.1) is 27.2 Å². The van der Waals surface area contributed by atoms with Crippen LogP contribution in [0, 0.1) is 25.7 Å². The quantitative estimate of drug-likeness (QED) is 0.314. The second-order valence-electron chi connectivity index (χ2n) is 10.6. The van der Waals surface area contributed by atoms with Gasteiger partial charge in [0.2, 0.25) is 5.95 Å². The van der Waals surface area contributed by atoms with Gasteiger partial charge in [0.1, 0.15) is 6.61 Å². The number of nitrogens with one attached hydrogen (secondary N) is 1. The number of piperidine rings is 1. The van der Waals surface area contributed by atoms with Crippen molar-refractivity contribution in [2.45, 2.75) is 32.7 Å². The van der Waals surface area contributed by atoms with Crippen molar-refractivity contribution in [3.05, 3.63) is 80.9 Å². The molecule has 1 aliphatic rings. The van der Waals surface area contributed by atoms with Gasteiger partial charge in [0, 0.05) is 50.0 Å². The van der Waals surface area contributed by atoms with Gasteiger partial charge in [-0.25, -0.2) is 9.97 Å². The molecule has 5 rings (SSSR count). The molecule has 0 spiro atoms. The first kappa shape index (κ1) is 28.6. The summed E-state index contributed by atoms with van der Waals surface area (Å²) in [4.78, 5) is 27.6. The maximum atomic E-state index is 13.6. The van der Waals surface area contributed by atoms with Crippen LogP contribution in [0.3, 0.4) is 0 Å². The molecule has 41 heavy (non-hydrogen) atoms. The number of methoxy groups -OCH3 is 1. The number of aryl methyl sites for hydroxylation is 2. The van der Waals surface area contributed by atoms with Crippen molar-refractivity contribution in [2.75, 3.05) is 51.1 Å². The third kappa shape index (κ3) is 6.08. The van der Waals surface area contributed by atoms with Crippen LogP contribution in [0.4, 0.5) is 17.3 Å². The van der Waals surface area contributed by atoms with Crippen molar-refractivity contribution >= 4 is 39.8 Å². The molecule has 1 saturated heterocycles. The Hall–Kier alpha value is -3.90. The van der Waals surface area contributed by atoms with Gasteiger partial charge >= 0.3 is 0 Å². The van der Waals surface area contributed by atoms with Crippen molar-refractivity contribution in [3.63, 3.8) is 0 Å². The van der Waals surface area contributed by atoms with Crippen LogP contribution in [-0.2, 0) is 4.74 Å². The molecule has 1 fully saturated rings. The maximum absolute atomic E-state index is 13.6. The second kappa shape index (κ2) is 12.3. The number of ether oxygens (including phenoxy) is 1. The van der Waals surface area contributed by atoms with E-state index in [1.165, 1.54) is 15.8 Å². The van der Waals surface area contributed by atoms with Crippen LogP contribution in [0.5, 0.6) is 0 Å². The molecule has 0 bridgehead atoms. The van der Waals surface area contributed by atoms with E-state index >= 15 is 0 Å². The molecular formula is C32H35ClN6O2. The first-order valence-corrected chi connectivity index (χ1v) is 14.1. The van der Waals surface area contributed by atoms with Crippen molar-refractivity contribution in [3.8, 4) is 17.5 Å². The van der Waals surface area contributed by atoms with Crippen LogP contribution >= 0.6 is 11.6 Å². The molecule has 9 heteroatoms. The summed E-state index contributed by atoms with van der Waals surface area (Å²) in [5.74, 6) is 6.49. The molecule has 0 saturated carbocycles. The number of fused-ring (bicyclic) bond motifs is 1. The molecule has 8 nitrogen and oxygen atoms in total. The number of aromatic nitrogens is 3. The van der Waals surface area contributed by atoms with Crippen LogP contribution in [0.2, 0.25) is 5.02 Å². The minimum Gasteiger partial charge on any atom is -0.372 e. The first-order valence-electron chi connectivity index (χ1n) is 13.7. The number of pyridine rings is 1. The van der Waals surface area contributed by atoms with Gasteiger partial charge < -0.3 is 19.9 Å². The van der Waals surface area contributed by atoms with E-state index in [0.29, 0.717) is 39.2 Å². The maximum Gasteiger partial charge on any atom is 0.266 e. The first-order chi connectivity index (χ1) is 19.8. The summed E-state index contributed by atoms with van der Waals surface area (Å²) in [7, 11) is 5.90. The summed E-state index contributed by atoms with van der Waals surface area (Å²) in [5, 5.41) is 4.15. The van der Waals surface area contributed by atoms with Crippen LogP contribution in [0.15, 0.2) is 53.6 Å². The van der Waals surface area contributed by atoms with E-state index in [1.54, 1.807) is 25.6 Å². The Labute approximate surface area is 245 Å². The Bertz CT molecular complexity index is 1680. The number of anilines is 3.